The maximum atomic E-state index is 4.45. The summed E-state index contributed by atoms with van der Waals surface area (Å²) in [5.74, 6) is 0. The maximum Gasteiger partial charge on any atom is 0.0544 e. The first-order chi connectivity index (χ1) is 12.8. The number of hydrogen-bond donors (Lipinski definition) is 1. The lowest BCUT2D eigenvalue weighted by Gasteiger charge is -2.22. The maximum absolute atomic E-state index is 4.45. The van der Waals surface area contributed by atoms with Gasteiger partial charge in [0.1, 0.15) is 0 Å². The predicted molar refractivity (Wildman–Crippen MR) is 108 cm³/mol. The van der Waals surface area contributed by atoms with Gasteiger partial charge in [0.2, 0.25) is 0 Å². The number of allylic oxidation sites excluding steroid dienone is 1. The van der Waals surface area contributed by atoms with Gasteiger partial charge in [0, 0.05) is 57.0 Å². The first-order valence-electron chi connectivity index (χ1n) is 9.21. The lowest BCUT2D eigenvalue weighted by Crippen LogP contribution is -2.34. The number of aliphatic imine (C=N–C) groups is 1. The highest BCUT2D eigenvalue weighted by Gasteiger charge is 2.08. The monoisotopic (exact) mass is 351 g/mol. The summed E-state index contributed by atoms with van der Waals surface area (Å²) in [6.45, 7) is 8.39. The summed E-state index contributed by atoms with van der Waals surface area (Å²) in [6, 6.07) is 12.1. The van der Waals surface area contributed by atoms with Crippen LogP contribution < -0.4 is 5.32 Å². The highest BCUT2D eigenvalue weighted by Crippen LogP contribution is 2.06. The molecule has 2 rings (SSSR count). The van der Waals surface area contributed by atoms with Crippen LogP contribution in [0.3, 0.4) is 0 Å². The van der Waals surface area contributed by atoms with Gasteiger partial charge in [0.15, 0.2) is 0 Å². The van der Waals surface area contributed by atoms with Crippen molar-refractivity contribution in [3.05, 3.63) is 72.5 Å². The summed E-state index contributed by atoms with van der Waals surface area (Å²) in [7, 11) is 0. The van der Waals surface area contributed by atoms with Crippen molar-refractivity contribution in [2.75, 3.05) is 19.6 Å². The van der Waals surface area contributed by atoms with E-state index in [9.17, 15) is 0 Å². The zero-order valence-electron chi connectivity index (χ0n) is 15.8. The molecule has 0 bridgehead atoms. The van der Waals surface area contributed by atoms with Crippen molar-refractivity contribution in [2.24, 2.45) is 4.99 Å². The van der Waals surface area contributed by atoms with Crippen molar-refractivity contribution in [1.82, 2.24) is 20.2 Å². The van der Waals surface area contributed by atoms with Gasteiger partial charge in [-0.25, -0.2) is 0 Å². The van der Waals surface area contributed by atoms with Crippen molar-refractivity contribution in [3.63, 3.8) is 0 Å². The summed E-state index contributed by atoms with van der Waals surface area (Å²) < 4.78 is 0. The van der Waals surface area contributed by atoms with Gasteiger partial charge in [-0.1, -0.05) is 25.1 Å². The largest absolute Gasteiger partial charge is 0.310 e. The van der Waals surface area contributed by atoms with Crippen LogP contribution in [0.15, 0.2) is 66.1 Å². The molecule has 0 amide bonds. The van der Waals surface area contributed by atoms with E-state index in [2.05, 4.69) is 44.2 Å². The summed E-state index contributed by atoms with van der Waals surface area (Å²) >= 11 is 0. The normalized spacial score (nSPS) is 12.2. The highest BCUT2D eigenvalue weighted by atomic mass is 15.1. The molecule has 0 unspecified atom stereocenters. The molecule has 0 aliphatic carbocycles. The molecule has 138 valence electrons. The average Bonchev–Trinajstić information content (AvgIpc) is 2.69. The summed E-state index contributed by atoms with van der Waals surface area (Å²) in [5, 5.41) is 3.50. The lowest BCUT2D eigenvalue weighted by atomic mass is 10.2. The number of nitrogens with one attached hydrogen (secondary N) is 1. The number of rotatable bonds is 11. The molecule has 2 aromatic heterocycles. The van der Waals surface area contributed by atoms with Crippen molar-refractivity contribution >= 4 is 5.71 Å². The topological polar surface area (TPSA) is 53.4 Å². The number of aromatic nitrogens is 2. The van der Waals surface area contributed by atoms with E-state index < -0.39 is 0 Å². The molecule has 26 heavy (non-hydrogen) atoms. The molecule has 0 spiro atoms. The fourth-order valence-electron chi connectivity index (χ4n) is 2.57. The Morgan fingerprint density at radius 2 is 1.73 bits per heavy atom. The molecule has 0 aromatic carbocycles. The van der Waals surface area contributed by atoms with Crippen LogP contribution in [0.4, 0.5) is 0 Å². The predicted octanol–water partition coefficient (Wildman–Crippen LogP) is 3.45. The number of hydrogen-bond acceptors (Lipinski definition) is 5. The Morgan fingerprint density at radius 1 is 1.08 bits per heavy atom. The van der Waals surface area contributed by atoms with E-state index in [1.807, 2.05) is 55.9 Å². The van der Waals surface area contributed by atoms with Gasteiger partial charge in [0.05, 0.1) is 11.4 Å². The van der Waals surface area contributed by atoms with E-state index in [1.165, 1.54) is 5.71 Å². The summed E-state index contributed by atoms with van der Waals surface area (Å²) in [5.41, 5.74) is 3.32. The Balaban J connectivity index is 1.89. The molecule has 1 N–H and O–H groups in total. The van der Waals surface area contributed by atoms with Gasteiger partial charge in [0.25, 0.3) is 0 Å². The Hall–Kier alpha value is -2.37. The molecule has 0 aliphatic heterocycles. The Morgan fingerprint density at radius 3 is 2.23 bits per heavy atom. The van der Waals surface area contributed by atoms with E-state index in [-0.39, 0.29) is 0 Å². The minimum atomic E-state index is 0.812. The van der Waals surface area contributed by atoms with Crippen molar-refractivity contribution < 1.29 is 0 Å². The fourth-order valence-corrected chi connectivity index (χ4v) is 2.57. The van der Waals surface area contributed by atoms with Crippen molar-refractivity contribution in [2.45, 2.75) is 33.4 Å². The minimum absolute atomic E-state index is 0.812. The average molecular weight is 351 g/mol. The van der Waals surface area contributed by atoms with Gasteiger partial charge in [-0.2, -0.15) is 0 Å². The van der Waals surface area contributed by atoms with Crippen LogP contribution in [0.2, 0.25) is 0 Å². The Kier molecular flexibility index (Phi) is 9.25. The molecule has 5 nitrogen and oxygen atoms in total. The third-order valence-corrected chi connectivity index (χ3v) is 3.97. The fraction of sp³-hybridized carbons (Fsp3) is 0.381. The molecule has 0 saturated carbocycles. The third kappa shape index (κ3) is 7.68. The second-order valence-electron chi connectivity index (χ2n) is 6.06. The van der Waals surface area contributed by atoms with Gasteiger partial charge in [-0.15, -0.1) is 0 Å². The molecule has 2 aromatic rings. The first-order valence-corrected chi connectivity index (χ1v) is 9.21. The van der Waals surface area contributed by atoms with Crippen LogP contribution in [0.5, 0.6) is 0 Å². The van der Waals surface area contributed by atoms with E-state index in [0.29, 0.717) is 0 Å². The van der Waals surface area contributed by atoms with Crippen LogP contribution in [0, 0.1) is 0 Å². The molecule has 0 saturated heterocycles. The molecule has 0 aliphatic rings. The lowest BCUT2D eigenvalue weighted by molar-refractivity contribution is 0.252. The van der Waals surface area contributed by atoms with E-state index in [0.717, 1.165) is 50.5 Å². The smallest absolute Gasteiger partial charge is 0.0544 e. The quantitative estimate of drug-likeness (QED) is 0.498. The van der Waals surface area contributed by atoms with Gasteiger partial charge in [-0.3, -0.25) is 19.9 Å². The van der Waals surface area contributed by atoms with Gasteiger partial charge in [-0.05, 0) is 37.6 Å². The van der Waals surface area contributed by atoms with E-state index >= 15 is 0 Å². The summed E-state index contributed by atoms with van der Waals surface area (Å²) in [4.78, 5) is 15.7. The minimum Gasteiger partial charge on any atom is -0.310 e. The third-order valence-electron chi connectivity index (χ3n) is 3.97. The molecule has 0 radical (unpaired) electrons. The molecular formula is C21H29N5. The van der Waals surface area contributed by atoms with Gasteiger partial charge < -0.3 is 5.32 Å². The molecule has 5 heteroatoms. The SMILES string of the molecule is C/C=C\N=C(/CC)CNCCN(Cc1ccccn1)Cc1ccccn1. The molecule has 0 atom stereocenters. The van der Waals surface area contributed by atoms with Crippen molar-refractivity contribution in [3.8, 4) is 0 Å². The molecular weight excluding hydrogens is 322 g/mol. The highest BCUT2D eigenvalue weighted by molar-refractivity contribution is 5.86. The standard InChI is InChI=1S/C21H29N5/c1-3-11-23-19(4-2)16-22-14-15-26(17-20-9-5-7-12-24-20)18-21-10-6-8-13-25-21/h3,5-13,22H,4,14-18H2,1-2H3/b11-3-,23-19+. The second kappa shape index (κ2) is 12.1. The van der Waals surface area contributed by atoms with E-state index in [4.69, 9.17) is 0 Å². The number of pyridine rings is 2. The number of nitrogens with zero attached hydrogens (tertiary/aromatic N) is 4. The second-order valence-corrected chi connectivity index (χ2v) is 6.06. The first kappa shape index (κ1) is 19.9. The van der Waals surface area contributed by atoms with Crippen LogP contribution in [-0.4, -0.2) is 40.2 Å². The summed E-state index contributed by atoms with van der Waals surface area (Å²) in [6.07, 6.45) is 8.46. The van der Waals surface area contributed by atoms with Crippen LogP contribution in [-0.2, 0) is 13.1 Å². The van der Waals surface area contributed by atoms with Crippen molar-refractivity contribution in [1.29, 1.82) is 0 Å². The van der Waals surface area contributed by atoms with E-state index in [1.54, 1.807) is 0 Å². The Labute approximate surface area is 156 Å². The Bertz CT molecular complexity index is 626. The van der Waals surface area contributed by atoms with Crippen LogP contribution in [0.1, 0.15) is 31.7 Å². The van der Waals surface area contributed by atoms with Gasteiger partial charge >= 0.3 is 0 Å². The van der Waals surface area contributed by atoms with Crippen LogP contribution >= 0.6 is 0 Å². The zero-order chi connectivity index (χ0) is 18.5. The molecule has 2 heterocycles. The zero-order valence-corrected chi connectivity index (χ0v) is 15.8. The molecule has 0 fully saturated rings. The van der Waals surface area contributed by atoms with Crippen LogP contribution in [0.25, 0.3) is 0 Å².